The Labute approximate surface area is 111 Å². The van der Waals surface area contributed by atoms with Crippen LogP contribution in [0.3, 0.4) is 0 Å². The van der Waals surface area contributed by atoms with Gasteiger partial charge >= 0.3 is 0 Å². The summed E-state index contributed by atoms with van der Waals surface area (Å²) in [5.41, 5.74) is 0. The number of nitrogens with one attached hydrogen (secondary N) is 1. The Bertz CT molecular complexity index is 615. The molecular weight excluding hydrogens is 270 g/mol. The Kier molecular flexibility index (Phi) is 2.99. The molecule has 2 aromatic rings. The lowest BCUT2D eigenvalue weighted by Crippen LogP contribution is -2.19. The van der Waals surface area contributed by atoms with Crippen molar-refractivity contribution in [2.45, 2.75) is 0 Å². The van der Waals surface area contributed by atoms with Gasteiger partial charge in [-0.3, -0.25) is 4.79 Å². The predicted molar refractivity (Wildman–Crippen MR) is 71.6 cm³/mol. The zero-order valence-electron chi connectivity index (χ0n) is 8.99. The van der Waals surface area contributed by atoms with Crippen LogP contribution in [0.15, 0.2) is 44.3 Å². The monoisotopic (exact) mass is 277 g/mol. The smallest absolute Gasteiger partial charge is 0.264 e. The minimum absolute atomic E-state index is 0.174. The highest BCUT2D eigenvalue weighted by Gasteiger charge is 2.24. The molecule has 5 nitrogen and oxygen atoms in total. The molecule has 0 radical (unpaired) electrons. The van der Waals surface area contributed by atoms with Crippen LogP contribution >= 0.6 is 23.1 Å². The summed E-state index contributed by atoms with van der Waals surface area (Å²) in [5, 5.41) is 5.68. The van der Waals surface area contributed by atoms with Crippen molar-refractivity contribution in [2.24, 2.45) is 4.99 Å². The van der Waals surface area contributed by atoms with Gasteiger partial charge in [0.05, 0.1) is 11.2 Å². The standard InChI is InChI=1S/C11H7N3O2S2/c15-9-8(6-7-2-1-4-16-7)18-11(13-9)14-10-12-3-5-17-10/h1-6H,(H,12,13,14,15)/b8-6-. The van der Waals surface area contributed by atoms with Gasteiger partial charge in [0.15, 0.2) is 5.17 Å². The summed E-state index contributed by atoms with van der Waals surface area (Å²) < 4.78 is 5.16. The fourth-order valence-electron chi connectivity index (χ4n) is 1.34. The third-order valence-electron chi connectivity index (χ3n) is 2.08. The van der Waals surface area contributed by atoms with Crippen LogP contribution in [0.25, 0.3) is 6.08 Å². The van der Waals surface area contributed by atoms with Gasteiger partial charge in [0.1, 0.15) is 5.76 Å². The number of carbonyl (C=O) groups excluding carboxylic acids is 1. The van der Waals surface area contributed by atoms with Gasteiger partial charge < -0.3 is 9.73 Å². The summed E-state index contributed by atoms with van der Waals surface area (Å²) in [6.07, 6.45) is 4.92. The number of nitrogens with zero attached hydrogens (tertiary/aromatic N) is 2. The van der Waals surface area contributed by atoms with E-state index in [1.54, 1.807) is 30.7 Å². The second-order valence-corrected chi connectivity index (χ2v) is 5.22. The van der Waals surface area contributed by atoms with Crippen molar-refractivity contribution in [1.82, 2.24) is 10.3 Å². The molecule has 1 aliphatic rings. The molecule has 2 aromatic heterocycles. The van der Waals surface area contributed by atoms with E-state index in [0.29, 0.717) is 21.0 Å². The molecule has 0 saturated carbocycles. The van der Waals surface area contributed by atoms with Crippen molar-refractivity contribution < 1.29 is 9.21 Å². The van der Waals surface area contributed by atoms with Gasteiger partial charge in [-0.05, 0) is 23.9 Å². The van der Waals surface area contributed by atoms with Gasteiger partial charge in [-0.15, -0.1) is 11.3 Å². The molecule has 0 unspecified atom stereocenters. The molecule has 1 saturated heterocycles. The molecule has 18 heavy (non-hydrogen) atoms. The highest BCUT2D eigenvalue weighted by Crippen LogP contribution is 2.28. The maximum absolute atomic E-state index is 11.7. The van der Waals surface area contributed by atoms with Crippen LogP contribution in [-0.4, -0.2) is 16.1 Å². The number of aliphatic imine (C=N–C) groups is 1. The number of aromatic nitrogens is 1. The van der Waals surface area contributed by atoms with E-state index in [-0.39, 0.29) is 5.91 Å². The van der Waals surface area contributed by atoms with Crippen molar-refractivity contribution >= 4 is 45.4 Å². The number of hydrogen-bond acceptors (Lipinski definition) is 6. The van der Waals surface area contributed by atoms with Crippen molar-refractivity contribution in [1.29, 1.82) is 0 Å². The van der Waals surface area contributed by atoms with E-state index in [2.05, 4.69) is 15.3 Å². The molecule has 1 N–H and O–H groups in total. The van der Waals surface area contributed by atoms with Crippen LogP contribution in [0.1, 0.15) is 5.76 Å². The molecule has 1 amide bonds. The zero-order valence-corrected chi connectivity index (χ0v) is 10.6. The number of amidine groups is 1. The summed E-state index contributed by atoms with van der Waals surface area (Å²) in [4.78, 5) is 20.5. The molecule has 0 atom stereocenters. The molecule has 90 valence electrons. The quantitative estimate of drug-likeness (QED) is 0.857. The highest BCUT2D eigenvalue weighted by molar-refractivity contribution is 8.18. The lowest BCUT2D eigenvalue weighted by atomic mass is 10.4. The first-order valence-electron chi connectivity index (χ1n) is 5.04. The predicted octanol–water partition coefficient (Wildman–Crippen LogP) is 2.63. The van der Waals surface area contributed by atoms with E-state index in [4.69, 9.17) is 4.42 Å². The number of carbonyl (C=O) groups is 1. The largest absolute Gasteiger partial charge is 0.465 e. The van der Waals surface area contributed by atoms with E-state index in [1.807, 2.05) is 5.38 Å². The van der Waals surface area contributed by atoms with E-state index in [9.17, 15) is 4.79 Å². The van der Waals surface area contributed by atoms with E-state index < -0.39 is 0 Å². The first-order chi connectivity index (χ1) is 8.81. The fourth-order valence-corrected chi connectivity index (χ4v) is 2.71. The van der Waals surface area contributed by atoms with Crippen molar-refractivity contribution in [3.05, 3.63) is 40.6 Å². The molecule has 1 aliphatic heterocycles. The number of rotatable bonds is 2. The van der Waals surface area contributed by atoms with Gasteiger partial charge in [0, 0.05) is 17.7 Å². The Morgan fingerprint density at radius 1 is 1.50 bits per heavy atom. The molecule has 3 heterocycles. The molecule has 3 rings (SSSR count). The minimum Gasteiger partial charge on any atom is -0.465 e. The van der Waals surface area contributed by atoms with Gasteiger partial charge in [0.25, 0.3) is 5.91 Å². The van der Waals surface area contributed by atoms with Crippen LogP contribution in [0.5, 0.6) is 0 Å². The molecule has 0 bridgehead atoms. The number of thiazole rings is 1. The van der Waals surface area contributed by atoms with Crippen LogP contribution in [-0.2, 0) is 4.79 Å². The molecule has 0 aromatic carbocycles. The zero-order chi connectivity index (χ0) is 12.4. The van der Waals surface area contributed by atoms with E-state index in [1.165, 1.54) is 23.1 Å². The number of hydrogen-bond donors (Lipinski definition) is 1. The molecule has 0 aliphatic carbocycles. The number of thioether (sulfide) groups is 1. The van der Waals surface area contributed by atoms with Crippen LogP contribution in [0.4, 0.5) is 5.13 Å². The van der Waals surface area contributed by atoms with Crippen molar-refractivity contribution in [3.8, 4) is 0 Å². The lowest BCUT2D eigenvalue weighted by molar-refractivity contribution is -0.115. The average Bonchev–Trinajstić information content (AvgIpc) is 3.04. The van der Waals surface area contributed by atoms with Crippen LogP contribution in [0.2, 0.25) is 0 Å². The topological polar surface area (TPSA) is 67.5 Å². The lowest BCUT2D eigenvalue weighted by Gasteiger charge is -1.89. The third-order valence-corrected chi connectivity index (χ3v) is 3.66. The van der Waals surface area contributed by atoms with Crippen LogP contribution < -0.4 is 5.32 Å². The summed E-state index contributed by atoms with van der Waals surface area (Å²) in [5.74, 6) is 0.467. The van der Waals surface area contributed by atoms with E-state index in [0.717, 1.165) is 0 Å². The second-order valence-electron chi connectivity index (χ2n) is 3.31. The van der Waals surface area contributed by atoms with Crippen molar-refractivity contribution in [2.75, 3.05) is 0 Å². The Morgan fingerprint density at radius 2 is 2.44 bits per heavy atom. The molecule has 0 spiro atoms. The molecule has 1 fully saturated rings. The van der Waals surface area contributed by atoms with Crippen molar-refractivity contribution in [3.63, 3.8) is 0 Å². The van der Waals surface area contributed by atoms with E-state index >= 15 is 0 Å². The SMILES string of the molecule is O=C1N/C(=N\c2nccs2)S/C1=C\c1ccco1. The Balaban J connectivity index is 1.83. The first kappa shape index (κ1) is 11.2. The number of furan rings is 1. The summed E-state index contributed by atoms with van der Waals surface area (Å²) in [6, 6.07) is 3.56. The van der Waals surface area contributed by atoms with Gasteiger partial charge in [-0.2, -0.15) is 4.99 Å². The average molecular weight is 277 g/mol. The third kappa shape index (κ3) is 2.36. The van der Waals surface area contributed by atoms with Crippen LogP contribution in [0, 0.1) is 0 Å². The minimum atomic E-state index is -0.174. The Morgan fingerprint density at radius 3 is 3.17 bits per heavy atom. The van der Waals surface area contributed by atoms with Gasteiger partial charge in [-0.1, -0.05) is 0 Å². The Hall–Kier alpha value is -1.86. The maximum Gasteiger partial charge on any atom is 0.264 e. The number of amides is 1. The first-order valence-corrected chi connectivity index (χ1v) is 6.73. The van der Waals surface area contributed by atoms with Gasteiger partial charge in [-0.25, -0.2) is 4.98 Å². The molecular formula is C11H7N3O2S2. The fraction of sp³-hybridized carbons (Fsp3) is 0. The normalized spacial score (nSPS) is 19.7. The second kappa shape index (κ2) is 4.79. The molecule has 7 heteroatoms. The summed E-state index contributed by atoms with van der Waals surface area (Å²) in [6.45, 7) is 0. The summed E-state index contributed by atoms with van der Waals surface area (Å²) in [7, 11) is 0. The highest BCUT2D eigenvalue weighted by atomic mass is 32.2. The summed E-state index contributed by atoms with van der Waals surface area (Å²) >= 11 is 2.69. The van der Waals surface area contributed by atoms with Gasteiger partial charge in [0.2, 0.25) is 5.13 Å². The maximum atomic E-state index is 11.7.